The molecule has 3 aromatic rings. The molecule has 5 unspecified atom stereocenters. The van der Waals surface area contributed by atoms with Crippen LogP contribution in [0.15, 0.2) is 48.0 Å². The zero-order valence-corrected chi connectivity index (χ0v) is 17.0. The monoisotopic (exact) mass is 392 g/mol. The predicted molar refractivity (Wildman–Crippen MR) is 116 cm³/mol. The van der Waals surface area contributed by atoms with E-state index >= 15 is 0 Å². The fraction of sp³-hybridized carbons (Fsp3) is 0.375. The lowest BCUT2D eigenvalue weighted by Crippen LogP contribution is -2.38. The molecular formula is C24H25FN2S. The van der Waals surface area contributed by atoms with Crippen LogP contribution >= 0.6 is 11.3 Å². The van der Waals surface area contributed by atoms with Gasteiger partial charge in [0.15, 0.2) is 0 Å². The standard InChI is InChI=1S/C24H25FN2S/c1-14-11-15(2)24(25)21-8-7-19-18-6-4-17(27-13-22-26-9-10-28-22)12-16(18)3-5-20(19)23(14)21/h3-10,12,14-15,21,23-24,27H,11,13H2,1-2H3. The van der Waals surface area contributed by atoms with E-state index in [4.69, 9.17) is 0 Å². The molecule has 0 amide bonds. The van der Waals surface area contributed by atoms with Gasteiger partial charge in [0, 0.05) is 23.2 Å². The highest BCUT2D eigenvalue weighted by atomic mass is 32.1. The molecule has 0 aliphatic heterocycles. The van der Waals surface area contributed by atoms with Crippen LogP contribution in [-0.4, -0.2) is 11.2 Å². The fourth-order valence-corrected chi connectivity index (χ4v) is 5.80. The summed E-state index contributed by atoms with van der Waals surface area (Å²) in [6.45, 7) is 5.09. The zero-order chi connectivity index (χ0) is 19.3. The Labute approximate surface area is 169 Å². The predicted octanol–water partition coefficient (Wildman–Crippen LogP) is 6.65. The molecule has 5 atom stereocenters. The Balaban J connectivity index is 1.49. The fourth-order valence-electron chi connectivity index (χ4n) is 5.24. The van der Waals surface area contributed by atoms with Crippen molar-refractivity contribution in [2.75, 3.05) is 5.32 Å². The van der Waals surface area contributed by atoms with E-state index in [-0.39, 0.29) is 11.8 Å². The summed E-state index contributed by atoms with van der Waals surface area (Å²) >= 11 is 1.66. The number of anilines is 1. The topological polar surface area (TPSA) is 24.9 Å². The minimum atomic E-state index is -0.737. The highest BCUT2D eigenvalue weighted by Crippen LogP contribution is 2.50. The number of nitrogens with one attached hydrogen (secondary N) is 1. The number of nitrogens with zero attached hydrogens (tertiary/aromatic N) is 1. The van der Waals surface area contributed by atoms with Crippen LogP contribution in [0.3, 0.4) is 0 Å². The second kappa shape index (κ2) is 7.00. The van der Waals surface area contributed by atoms with Gasteiger partial charge in [0.05, 0.1) is 6.54 Å². The van der Waals surface area contributed by atoms with Crippen molar-refractivity contribution in [1.29, 1.82) is 0 Å². The molecule has 144 valence electrons. The Kier molecular flexibility index (Phi) is 4.47. The van der Waals surface area contributed by atoms with Crippen LogP contribution in [-0.2, 0) is 6.54 Å². The average Bonchev–Trinajstić information content (AvgIpc) is 3.23. The van der Waals surface area contributed by atoms with Crippen LogP contribution in [0.2, 0.25) is 0 Å². The molecule has 0 spiro atoms. The van der Waals surface area contributed by atoms with Crippen molar-refractivity contribution < 1.29 is 4.39 Å². The minimum absolute atomic E-state index is 0.0166. The highest BCUT2D eigenvalue weighted by molar-refractivity contribution is 7.09. The van der Waals surface area contributed by atoms with Gasteiger partial charge in [0.25, 0.3) is 0 Å². The summed E-state index contributed by atoms with van der Waals surface area (Å²) in [7, 11) is 0. The number of rotatable bonds is 3. The van der Waals surface area contributed by atoms with Gasteiger partial charge in [0.1, 0.15) is 11.2 Å². The van der Waals surface area contributed by atoms with Crippen LogP contribution < -0.4 is 5.32 Å². The molecule has 4 heteroatoms. The van der Waals surface area contributed by atoms with E-state index in [1.165, 1.54) is 21.9 Å². The summed E-state index contributed by atoms with van der Waals surface area (Å²) in [5.41, 5.74) is 3.70. The Bertz CT molecular complexity index is 1030. The van der Waals surface area contributed by atoms with Crippen molar-refractivity contribution in [3.8, 4) is 0 Å². The number of benzene rings is 2. The van der Waals surface area contributed by atoms with Crippen LogP contribution in [0.1, 0.15) is 42.3 Å². The molecule has 1 heterocycles. The van der Waals surface area contributed by atoms with Gasteiger partial charge in [-0.1, -0.05) is 44.2 Å². The first-order valence-corrected chi connectivity index (χ1v) is 11.0. The normalized spacial score (nSPS) is 28.8. The number of aromatic nitrogens is 1. The van der Waals surface area contributed by atoms with E-state index in [9.17, 15) is 4.39 Å². The molecule has 1 fully saturated rings. The van der Waals surface area contributed by atoms with Gasteiger partial charge in [-0.2, -0.15) is 0 Å². The Morgan fingerprint density at radius 3 is 2.89 bits per heavy atom. The summed E-state index contributed by atoms with van der Waals surface area (Å²) in [5, 5.41) is 9.02. The van der Waals surface area contributed by atoms with E-state index < -0.39 is 6.17 Å². The van der Waals surface area contributed by atoms with Gasteiger partial charge >= 0.3 is 0 Å². The van der Waals surface area contributed by atoms with Crippen LogP contribution in [0.5, 0.6) is 0 Å². The number of halogens is 1. The molecule has 2 nitrogen and oxygen atoms in total. The quantitative estimate of drug-likeness (QED) is 0.540. The number of hydrogen-bond acceptors (Lipinski definition) is 3. The lowest BCUT2D eigenvalue weighted by atomic mass is 9.62. The maximum Gasteiger partial charge on any atom is 0.112 e. The maximum atomic E-state index is 14.9. The van der Waals surface area contributed by atoms with Gasteiger partial charge in [-0.3, -0.25) is 0 Å². The number of thiazole rings is 1. The second-order valence-electron chi connectivity index (χ2n) is 8.38. The summed E-state index contributed by atoms with van der Waals surface area (Å²) in [5.74, 6) is 0.961. The molecule has 2 aliphatic carbocycles. The lowest BCUT2D eigenvalue weighted by Gasteiger charge is -2.43. The van der Waals surface area contributed by atoms with Crippen LogP contribution in [0, 0.1) is 17.8 Å². The first-order valence-electron chi connectivity index (χ1n) is 10.1. The summed E-state index contributed by atoms with van der Waals surface area (Å²) in [6, 6.07) is 11.0. The number of fused-ring (bicyclic) bond motifs is 5. The maximum absolute atomic E-state index is 14.9. The average molecular weight is 393 g/mol. The van der Waals surface area contributed by atoms with Crippen molar-refractivity contribution in [3.05, 3.63) is 64.1 Å². The number of hydrogen-bond donors (Lipinski definition) is 1. The number of alkyl halides is 1. The van der Waals surface area contributed by atoms with E-state index in [1.807, 2.05) is 11.6 Å². The van der Waals surface area contributed by atoms with Crippen LogP contribution in [0.25, 0.3) is 16.8 Å². The molecule has 1 N–H and O–H groups in total. The summed E-state index contributed by atoms with van der Waals surface area (Å²) in [6.07, 6.45) is 6.37. The SMILES string of the molecule is CC1CC(C)C2c3ccc4cc(NCc5nccs5)ccc4c3C=CC2C1F. The third-order valence-electron chi connectivity index (χ3n) is 6.55. The third kappa shape index (κ3) is 2.95. The van der Waals surface area contributed by atoms with Crippen molar-refractivity contribution in [2.45, 2.75) is 38.9 Å². The largest absolute Gasteiger partial charge is 0.379 e. The Morgan fingerprint density at radius 1 is 1.18 bits per heavy atom. The van der Waals surface area contributed by atoms with Crippen molar-refractivity contribution in [1.82, 2.24) is 4.98 Å². The molecule has 2 aromatic carbocycles. The zero-order valence-electron chi connectivity index (χ0n) is 16.2. The molecule has 0 saturated heterocycles. The van der Waals surface area contributed by atoms with E-state index in [0.29, 0.717) is 11.8 Å². The Morgan fingerprint density at radius 2 is 2.07 bits per heavy atom. The molecule has 28 heavy (non-hydrogen) atoms. The molecule has 5 rings (SSSR count). The summed E-state index contributed by atoms with van der Waals surface area (Å²) in [4.78, 5) is 4.32. The molecule has 1 saturated carbocycles. The lowest BCUT2D eigenvalue weighted by molar-refractivity contribution is 0.0824. The molecule has 0 radical (unpaired) electrons. The third-order valence-corrected chi connectivity index (χ3v) is 7.33. The van der Waals surface area contributed by atoms with E-state index in [1.54, 1.807) is 11.3 Å². The van der Waals surface area contributed by atoms with Crippen LogP contribution in [0.4, 0.5) is 10.1 Å². The highest BCUT2D eigenvalue weighted by Gasteiger charge is 2.43. The summed E-state index contributed by atoms with van der Waals surface area (Å²) < 4.78 is 14.9. The van der Waals surface area contributed by atoms with Gasteiger partial charge in [-0.25, -0.2) is 9.37 Å². The van der Waals surface area contributed by atoms with E-state index in [0.717, 1.165) is 23.7 Å². The van der Waals surface area contributed by atoms with Crippen molar-refractivity contribution >= 4 is 33.9 Å². The van der Waals surface area contributed by atoms with E-state index in [2.05, 4.69) is 66.6 Å². The molecule has 1 aromatic heterocycles. The van der Waals surface area contributed by atoms with Gasteiger partial charge in [0.2, 0.25) is 0 Å². The minimum Gasteiger partial charge on any atom is -0.379 e. The van der Waals surface area contributed by atoms with Crippen molar-refractivity contribution in [2.24, 2.45) is 17.8 Å². The molecule has 2 aliphatic rings. The van der Waals surface area contributed by atoms with Gasteiger partial charge in [-0.15, -0.1) is 11.3 Å². The Hall–Kier alpha value is -2.20. The molecule has 0 bridgehead atoms. The van der Waals surface area contributed by atoms with Crippen molar-refractivity contribution in [3.63, 3.8) is 0 Å². The van der Waals surface area contributed by atoms with Gasteiger partial charge < -0.3 is 5.32 Å². The molecular weight excluding hydrogens is 367 g/mol. The smallest absolute Gasteiger partial charge is 0.112 e. The first-order chi connectivity index (χ1) is 13.6. The second-order valence-corrected chi connectivity index (χ2v) is 9.36. The number of allylic oxidation sites excluding steroid dienone is 1. The van der Waals surface area contributed by atoms with Gasteiger partial charge in [-0.05, 0) is 58.2 Å². The first kappa shape index (κ1) is 17.9.